The maximum absolute atomic E-state index is 5.65. The SMILES string of the molecule is Cc1nc(C)c(-c2nc(C(C)(c3ccc(-c4cnc(N)nc4)cc3)C(C)C)no2)s1. The molecule has 0 aliphatic carbocycles. The number of benzene rings is 1. The molecule has 1 unspecified atom stereocenters. The molecular weight excluding hydrogens is 396 g/mol. The lowest BCUT2D eigenvalue weighted by atomic mass is 9.72. The molecule has 7 nitrogen and oxygen atoms in total. The van der Waals surface area contributed by atoms with Crippen LogP contribution in [0.4, 0.5) is 5.95 Å². The molecule has 154 valence electrons. The van der Waals surface area contributed by atoms with Crippen LogP contribution in [0.2, 0.25) is 0 Å². The van der Waals surface area contributed by atoms with E-state index >= 15 is 0 Å². The second-order valence-corrected chi connectivity index (χ2v) is 9.04. The fraction of sp³-hybridized carbons (Fsp3) is 0.318. The van der Waals surface area contributed by atoms with Crippen molar-refractivity contribution in [2.24, 2.45) is 5.92 Å². The Balaban J connectivity index is 1.71. The fourth-order valence-electron chi connectivity index (χ4n) is 3.47. The summed E-state index contributed by atoms with van der Waals surface area (Å²) in [4.78, 5) is 18.3. The van der Waals surface area contributed by atoms with Crippen molar-refractivity contribution >= 4 is 17.3 Å². The van der Waals surface area contributed by atoms with E-state index in [9.17, 15) is 0 Å². The molecular formula is C22H24N6OS. The lowest BCUT2D eigenvalue weighted by Crippen LogP contribution is -2.31. The maximum atomic E-state index is 5.65. The van der Waals surface area contributed by atoms with E-state index in [1.165, 1.54) is 0 Å². The zero-order valence-corrected chi connectivity index (χ0v) is 18.5. The van der Waals surface area contributed by atoms with E-state index in [0.717, 1.165) is 32.3 Å². The number of rotatable bonds is 5. The number of nitrogens with two attached hydrogens (primary N) is 1. The number of aromatic nitrogens is 5. The van der Waals surface area contributed by atoms with Crippen molar-refractivity contribution in [3.05, 3.63) is 58.7 Å². The van der Waals surface area contributed by atoms with Gasteiger partial charge in [0.15, 0.2) is 5.82 Å². The summed E-state index contributed by atoms with van der Waals surface area (Å²) in [6.45, 7) is 10.4. The molecule has 3 heterocycles. The van der Waals surface area contributed by atoms with Crippen LogP contribution < -0.4 is 5.73 Å². The summed E-state index contributed by atoms with van der Waals surface area (Å²) in [7, 11) is 0. The first-order valence-corrected chi connectivity index (χ1v) is 10.6. The number of hydrogen-bond acceptors (Lipinski definition) is 8. The van der Waals surface area contributed by atoms with Crippen LogP contribution >= 0.6 is 11.3 Å². The van der Waals surface area contributed by atoms with Gasteiger partial charge in [-0.1, -0.05) is 43.3 Å². The van der Waals surface area contributed by atoms with E-state index in [4.69, 9.17) is 15.2 Å². The average molecular weight is 421 g/mol. The second kappa shape index (κ2) is 7.60. The van der Waals surface area contributed by atoms with Crippen LogP contribution in [0.25, 0.3) is 21.9 Å². The third kappa shape index (κ3) is 3.47. The number of thiazole rings is 1. The van der Waals surface area contributed by atoms with Crippen molar-refractivity contribution < 1.29 is 4.52 Å². The van der Waals surface area contributed by atoms with Crippen molar-refractivity contribution in [1.29, 1.82) is 0 Å². The molecule has 4 aromatic rings. The van der Waals surface area contributed by atoms with Gasteiger partial charge in [0.1, 0.15) is 4.88 Å². The molecule has 0 aliphatic rings. The van der Waals surface area contributed by atoms with Crippen LogP contribution in [0, 0.1) is 19.8 Å². The Labute approximate surface area is 179 Å². The molecule has 0 aliphatic heterocycles. The van der Waals surface area contributed by atoms with E-state index < -0.39 is 5.41 Å². The van der Waals surface area contributed by atoms with E-state index in [1.807, 2.05) is 13.8 Å². The Morgan fingerprint density at radius 3 is 2.23 bits per heavy atom. The van der Waals surface area contributed by atoms with Crippen LogP contribution in [0.15, 0.2) is 41.2 Å². The first-order valence-electron chi connectivity index (χ1n) is 9.76. The predicted octanol–water partition coefficient (Wildman–Crippen LogP) is 4.81. The summed E-state index contributed by atoms with van der Waals surface area (Å²) in [5.74, 6) is 1.71. The molecule has 2 N–H and O–H groups in total. The van der Waals surface area contributed by atoms with Crippen LogP contribution in [0.1, 0.15) is 42.9 Å². The number of nitrogen functional groups attached to an aromatic ring is 1. The molecule has 0 fully saturated rings. The van der Waals surface area contributed by atoms with Crippen molar-refractivity contribution in [3.8, 4) is 21.9 Å². The summed E-state index contributed by atoms with van der Waals surface area (Å²) in [5.41, 5.74) is 9.14. The van der Waals surface area contributed by atoms with Gasteiger partial charge in [-0.15, -0.1) is 11.3 Å². The van der Waals surface area contributed by atoms with E-state index in [0.29, 0.717) is 11.7 Å². The minimum Gasteiger partial charge on any atom is -0.368 e. The van der Waals surface area contributed by atoms with Gasteiger partial charge in [0.25, 0.3) is 5.89 Å². The Bertz CT molecular complexity index is 1160. The van der Waals surface area contributed by atoms with Gasteiger partial charge in [0.2, 0.25) is 5.95 Å². The highest BCUT2D eigenvalue weighted by Gasteiger charge is 2.37. The minimum atomic E-state index is -0.411. The summed E-state index contributed by atoms with van der Waals surface area (Å²) in [5, 5.41) is 5.34. The Morgan fingerprint density at radius 2 is 1.67 bits per heavy atom. The number of anilines is 1. The van der Waals surface area contributed by atoms with Crippen molar-refractivity contribution in [2.75, 3.05) is 5.73 Å². The van der Waals surface area contributed by atoms with Gasteiger partial charge in [-0.2, -0.15) is 4.98 Å². The average Bonchev–Trinajstić information content (AvgIpc) is 3.34. The zero-order chi connectivity index (χ0) is 21.5. The molecule has 30 heavy (non-hydrogen) atoms. The van der Waals surface area contributed by atoms with Gasteiger partial charge in [-0.05, 0) is 37.8 Å². The second-order valence-electron chi connectivity index (χ2n) is 7.83. The quantitative estimate of drug-likeness (QED) is 0.494. The molecule has 0 saturated carbocycles. The molecule has 1 atom stereocenters. The summed E-state index contributed by atoms with van der Waals surface area (Å²) < 4.78 is 5.65. The van der Waals surface area contributed by atoms with Gasteiger partial charge in [0.05, 0.1) is 16.1 Å². The molecule has 3 aromatic heterocycles. The minimum absolute atomic E-state index is 0.248. The highest BCUT2D eigenvalue weighted by atomic mass is 32.1. The molecule has 8 heteroatoms. The molecule has 0 amide bonds. The summed E-state index contributed by atoms with van der Waals surface area (Å²) in [6, 6.07) is 8.32. The Kier molecular flexibility index (Phi) is 5.11. The monoisotopic (exact) mass is 420 g/mol. The highest BCUT2D eigenvalue weighted by Crippen LogP contribution is 2.39. The number of aryl methyl sites for hydroxylation is 2. The maximum Gasteiger partial charge on any atom is 0.269 e. The van der Waals surface area contributed by atoms with E-state index in [-0.39, 0.29) is 11.9 Å². The first kappa shape index (κ1) is 20.2. The van der Waals surface area contributed by atoms with E-state index in [2.05, 4.69) is 65.1 Å². The van der Waals surface area contributed by atoms with Crippen molar-refractivity contribution in [1.82, 2.24) is 25.1 Å². The molecule has 0 saturated heterocycles. The van der Waals surface area contributed by atoms with Crippen LogP contribution in [0.5, 0.6) is 0 Å². The normalized spacial score (nSPS) is 13.5. The third-order valence-corrected chi connectivity index (χ3v) is 6.69. The number of hydrogen-bond donors (Lipinski definition) is 1. The lowest BCUT2D eigenvalue weighted by molar-refractivity contribution is 0.351. The van der Waals surface area contributed by atoms with Crippen molar-refractivity contribution in [3.63, 3.8) is 0 Å². The zero-order valence-electron chi connectivity index (χ0n) is 17.7. The van der Waals surface area contributed by atoms with Gasteiger partial charge < -0.3 is 10.3 Å². The molecule has 4 rings (SSSR count). The Morgan fingerprint density at radius 1 is 1.00 bits per heavy atom. The fourth-order valence-corrected chi connectivity index (χ4v) is 4.31. The van der Waals surface area contributed by atoms with Crippen LogP contribution in [0.3, 0.4) is 0 Å². The molecule has 1 aromatic carbocycles. The van der Waals surface area contributed by atoms with Crippen LogP contribution in [-0.4, -0.2) is 25.1 Å². The first-order chi connectivity index (χ1) is 14.3. The van der Waals surface area contributed by atoms with Crippen molar-refractivity contribution in [2.45, 2.75) is 40.0 Å². The summed E-state index contributed by atoms with van der Waals surface area (Å²) in [6.07, 6.45) is 3.45. The smallest absolute Gasteiger partial charge is 0.269 e. The largest absolute Gasteiger partial charge is 0.368 e. The number of nitrogens with zero attached hydrogens (tertiary/aromatic N) is 5. The van der Waals surface area contributed by atoms with Gasteiger partial charge >= 0.3 is 0 Å². The Hall–Kier alpha value is -3.13. The predicted molar refractivity (Wildman–Crippen MR) is 118 cm³/mol. The topological polar surface area (TPSA) is 104 Å². The van der Waals surface area contributed by atoms with Gasteiger partial charge in [-0.3, -0.25) is 0 Å². The molecule has 0 bridgehead atoms. The standard InChI is InChI=1S/C22H24N6OS/c1-12(2)22(5,20-27-19(29-28-20)18-13(3)26-14(4)30-18)17-8-6-15(7-9-17)16-10-24-21(23)25-11-16/h6-12H,1-5H3,(H2,23,24,25). The third-order valence-electron chi connectivity index (χ3n) is 5.63. The summed E-state index contributed by atoms with van der Waals surface area (Å²) >= 11 is 1.57. The highest BCUT2D eigenvalue weighted by molar-refractivity contribution is 7.15. The lowest BCUT2D eigenvalue weighted by Gasteiger charge is -2.31. The van der Waals surface area contributed by atoms with Gasteiger partial charge in [0, 0.05) is 18.0 Å². The van der Waals surface area contributed by atoms with Crippen LogP contribution in [-0.2, 0) is 5.41 Å². The molecule has 0 spiro atoms. The molecule has 0 radical (unpaired) electrons. The van der Waals surface area contributed by atoms with E-state index in [1.54, 1.807) is 23.7 Å². The van der Waals surface area contributed by atoms with Gasteiger partial charge in [-0.25, -0.2) is 15.0 Å².